The van der Waals surface area contributed by atoms with Crippen LogP contribution in [-0.2, 0) is 19.6 Å². The Morgan fingerprint density at radius 3 is 2.46 bits per heavy atom. The fraction of sp³-hybridized carbons (Fsp3) is 0.333. The summed E-state index contributed by atoms with van der Waals surface area (Å²) in [6.07, 6.45) is 4.65. The van der Waals surface area contributed by atoms with E-state index >= 15 is 0 Å². The first kappa shape index (κ1) is 24.6. The molecule has 2 heterocycles. The van der Waals surface area contributed by atoms with E-state index in [2.05, 4.69) is 30.2 Å². The zero-order chi connectivity index (χ0) is 24.7. The van der Waals surface area contributed by atoms with E-state index in [9.17, 15) is 18.0 Å². The van der Waals surface area contributed by atoms with Crippen LogP contribution in [0.25, 0.3) is 10.8 Å². The molecule has 2 amide bonds. The third-order valence-electron chi connectivity index (χ3n) is 5.96. The molecule has 184 valence electrons. The fourth-order valence-electron chi connectivity index (χ4n) is 4.01. The van der Waals surface area contributed by atoms with E-state index in [-0.39, 0.29) is 36.4 Å². The minimum Gasteiger partial charge on any atom is -0.356 e. The Hall–Kier alpha value is -3.57. The number of benzene rings is 2. The molecule has 4 rings (SSSR count). The Balaban J connectivity index is 1.15. The number of carbonyl (C=O) groups is 2. The van der Waals surface area contributed by atoms with Crippen LogP contribution >= 0.6 is 0 Å². The van der Waals surface area contributed by atoms with Gasteiger partial charge in [0.05, 0.1) is 11.4 Å². The van der Waals surface area contributed by atoms with Crippen molar-refractivity contribution >= 4 is 38.4 Å². The standard InChI is InChI=1S/C24H28N6O4S/c31-23(16-29-35(33,34)21-6-5-18-3-1-2-4-20(18)15-21)26-11-12-27-24(32)19-8-13-30(14-9-19)22-7-10-25-17-28-22/h1-7,10,15,17,19,29H,8-9,11-14,16H2,(H,26,31)(H,27,32). The van der Waals surface area contributed by atoms with Crippen LogP contribution in [0.15, 0.2) is 66.0 Å². The molecule has 1 aromatic heterocycles. The van der Waals surface area contributed by atoms with Gasteiger partial charge in [-0.3, -0.25) is 9.59 Å². The van der Waals surface area contributed by atoms with Crippen molar-refractivity contribution in [3.8, 4) is 0 Å². The van der Waals surface area contributed by atoms with Crippen molar-refractivity contribution in [2.24, 2.45) is 5.92 Å². The number of amides is 2. The van der Waals surface area contributed by atoms with Crippen LogP contribution in [0.4, 0.5) is 5.82 Å². The van der Waals surface area contributed by atoms with Crippen LogP contribution in [0.2, 0.25) is 0 Å². The number of nitrogens with zero attached hydrogens (tertiary/aromatic N) is 3. The van der Waals surface area contributed by atoms with Gasteiger partial charge in [-0.1, -0.05) is 30.3 Å². The lowest BCUT2D eigenvalue weighted by Crippen LogP contribution is -2.44. The summed E-state index contributed by atoms with van der Waals surface area (Å²) in [5.74, 6) is 0.260. The van der Waals surface area contributed by atoms with Crippen molar-refractivity contribution in [3.63, 3.8) is 0 Å². The van der Waals surface area contributed by atoms with Gasteiger partial charge in [-0.2, -0.15) is 0 Å². The second kappa shape index (κ2) is 11.2. The number of piperidine rings is 1. The highest BCUT2D eigenvalue weighted by molar-refractivity contribution is 7.89. The van der Waals surface area contributed by atoms with Crippen molar-refractivity contribution in [1.82, 2.24) is 25.3 Å². The number of sulfonamides is 1. The smallest absolute Gasteiger partial charge is 0.241 e. The predicted molar refractivity (Wildman–Crippen MR) is 132 cm³/mol. The molecule has 3 aromatic rings. The molecule has 0 radical (unpaired) electrons. The molecule has 0 spiro atoms. The summed E-state index contributed by atoms with van der Waals surface area (Å²) < 4.78 is 27.4. The lowest BCUT2D eigenvalue weighted by Gasteiger charge is -2.32. The molecule has 3 N–H and O–H groups in total. The van der Waals surface area contributed by atoms with Gasteiger partial charge in [0.25, 0.3) is 0 Å². The highest BCUT2D eigenvalue weighted by Crippen LogP contribution is 2.21. The molecule has 1 aliphatic rings. The monoisotopic (exact) mass is 496 g/mol. The number of hydrogen-bond acceptors (Lipinski definition) is 7. The Morgan fingerprint density at radius 2 is 1.71 bits per heavy atom. The highest BCUT2D eigenvalue weighted by Gasteiger charge is 2.25. The van der Waals surface area contributed by atoms with Crippen molar-refractivity contribution in [1.29, 1.82) is 0 Å². The summed E-state index contributed by atoms with van der Waals surface area (Å²) >= 11 is 0. The van der Waals surface area contributed by atoms with Crippen molar-refractivity contribution in [3.05, 3.63) is 61.1 Å². The molecule has 1 fully saturated rings. The predicted octanol–water partition coefficient (Wildman–Crippen LogP) is 1.06. The molecule has 11 heteroatoms. The Bertz CT molecular complexity index is 1280. The van der Waals surface area contributed by atoms with Gasteiger partial charge in [0.2, 0.25) is 21.8 Å². The lowest BCUT2D eigenvalue weighted by atomic mass is 9.96. The summed E-state index contributed by atoms with van der Waals surface area (Å²) in [7, 11) is -3.82. The Morgan fingerprint density at radius 1 is 0.971 bits per heavy atom. The third kappa shape index (κ3) is 6.52. The summed E-state index contributed by atoms with van der Waals surface area (Å²) in [5, 5.41) is 7.20. The van der Waals surface area contributed by atoms with E-state index in [0.717, 1.165) is 42.5 Å². The molecule has 0 saturated carbocycles. The molecule has 10 nitrogen and oxygen atoms in total. The molecule has 2 aromatic carbocycles. The molecule has 35 heavy (non-hydrogen) atoms. The number of nitrogens with one attached hydrogen (secondary N) is 3. The maximum absolute atomic E-state index is 12.5. The SMILES string of the molecule is O=C(CNS(=O)(=O)c1ccc2ccccc2c1)NCCNC(=O)C1CCN(c2ccncn2)CC1. The van der Waals surface area contributed by atoms with E-state index in [0.29, 0.717) is 0 Å². The Labute approximate surface area is 204 Å². The van der Waals surface area contributed by atoms with Gasteiger partial charge in [-0.05, 0) is 41.8 Å². The third-order valence-corrected chi connectivity index (χ3v) is 7.36. The van der Waals surface area contributed by atoms with Crippen LogP contribution < -0.4 is 20.3 Å². The van der Waals surface area contributed by atoms with Crippen LogP contribution in [0.3, 0.4) is 0 Å². The van der Waals surface area contributed by atoms with Crippen molar-refractivity contribution in [2.75, 3.05) is 37.6 Å². The number of rotatable bonds is 9. The fourth-order valence-corrected chi connectivity index (χ4v) is 5.03. The summed E-state index contributed by atoms with van der Waals surface area (Å²) in [4.78, 5) is 34.9. The normalized spacial score (nSPS) is 14.6. The van der Waals surface area contributed by atoms with Gasteiger partial charge in [-0.15, -0.1) is 0 Å². The topological polar surface area (TPSA) is 133 Å². The maximum Gasteiger partial charge on any atom is 0.241 e. The number of hydrogen-bond donors (Lipinski definition) is 3. The van der Waals surface area contributed by atoms with Gasteiger partial charge in [0, 0.05) is 38.3 Å². The van der Waals surface area contributed by atoms with E-state index < -0.39 is 15.9 Å². The second-order valence-corrected chi connectivity index (χ2v) is 10.1. The average molecular weight is 497 g/mol. The molecular formula is C24H28N6O4S. The Kier molecular flexibility index (Phi) is 7.88. The number of fused-ring (bicyclic) bond motifs is 1. The largest absolute Gasteiger partial charge is 0.356 e. The van der Waals surface area contributed by atoms with E-state index in [1.165, 1.54) is 12.4 Å². The average Bonchev–Trinajstić information content (AvgIpc) is 2.90. The minimum absolute atomic E-state index is 0.0430. The molecule has 1 saturated heterocycles. The first-order chi connectivity index (χ1) is 16.9. The van der Waals surface area contributed by atoms with Gasteiger partial charge < -0.3 is 15.5 Å². The lowest BCUT2D eigenvalue weighted by molar-refractivity contribution is -0.126. The summed E-state index contributed by atoms with van der Waals surface area (Å²) in [5.41, 5.74) is 0. The van der Waals surface area contributed by atoms with Crippen molar-refractivity contribution in [2.45, 2.75) is 17.7 Å². The minimum atomic E-state index is -3.82. The van der Waals surface area contributed by atoms with E-state index in [1.54, 1.807) is 18.3 Å². The maximum atomic E-state index is 12.5. The summed E-state index contributed by atoms with van der Waals surface area (Å²) in [6.45, 7) is 1.58. The summed E-state index contributed by atoms with van der Waals surface area (Å²) in [6, 6.07) is 14.1. The first-order valence-electron chi connectivity index (χ1n) is 11.5. The van der Waals surface area contributed by atoms with Crippen LogP contribution in [0.5, 0.6) is 0 Å². The number of anilines is 1. The zero-order valence-electron chi connectivity index (χ0n) is 19.2. The van der Waals surface area contributed by atoms with Crippen LogP contribution in [-0.4, -0.2) is 62.9 Å². The molecule has 1 aliphatic heterocycles. The van der Waals surface area contributed by atoms with Gasteiger partial charge in [-0.25, -0.2) is 23.1 Å². The quantitative estimate of drug-likeness (QED) is 0.377. The number of aromatic nitrogens is 2. The van der Waals surface area contributed by atoms with E-state index in [1.807, 2.05) is 30.3 Å². The van der Waals surface area contributed by atoms with Gasteiger partial charge >= 0.3 is 0 Å². The number of carbonyl (C=O) groups excluding carboxylic acids is 2. The molecule has 0 unspecified atom stereocenters. The van der Waals surface area contributed by atoms with E-state index in [4.69, 9.17) is 0 Å². The zero-order valence-corrected chi connectivity index (χ0v) is 20.0. The molecule has 0 aliphatic carbocycles. The molecule has 0 bridgehead atoms. The highest BCUT2D eigenvalue weighted by atomic mass is 32.2. The first-order valence-corrected chi connectivity index (χ1v) is 12.9. The van der Waals surface area contributed by atoms with Gasteiger partial charge in [0.1, 0.15) is 12.1 Å². The van der Waals surface area contributed by atoms with Gasteiger partial charge in [0.15, 0.2) is 0 Å². The second-order valence-electron chi connectivity index (χ2n) is 8.30. The van der Waals surface area contributed by atoms with Crippen molar-refractivity contribution < 1.29 is 18.0 Å². The van der Waals surface area contributed by atoms with Crippen LogP contribution in [0, 0.1) is 5.92 Å². The molecular weight excluding hydrogens is 468 g/mol. The van der Waals surface area contributed by atoms with Crippen LogP contribution in [0.1, 0.15) is 12.8 Å². The molecule has 0 atom stereocenters.